The highest BCUT2D eigenvalue weighted by Gasteiger charge is 2.52. The molecule has 2 heterocycles. The number of hydrogen-bond donors (Lipinski definition) is 3. The highest BCUT2D eigenvalue weighted by atomic mass is 35.5. The number of benzene rings is 2. The molecular formula is C17H14Cl2N6O. The second-order valence-electron chi connectivity index (χ2n) is 5.89. The maximum absolute atomic E-state index is 13.0. The molecule has 0 bridgehead atoms. The molecule has 0 radical (unpaired) electrons. The number of likely N-dealkylation sites (N-methyl/N-ethyl adjacent to an activating group) is 1. The van der Waals surface area contributed by atoms with Crippen molar-refractivity contribution in [3.63, 3.8) is 0 Å². The molecule has 7 nitrogen and oxygen atoms in total. The van der Waals surface area contributed by atoms with E-state index < -0.39 is 5.66 Å². The number of nitrogens with zero attached hydrogens (tertiary/aromatic N) is 3. The lowest BCUT2D eigenvalue weighted by Gasteiger charge is -2.27. The molecular weight excluding hydrogens is 375 g/mol. The first-order chi connectivity index (χ1) is 12.4. The Kier molecular flexibility index (Phi) is 3.78. The van der Waals surface area contributed by atoms with Crippen LogP contribution in [0, 0.1) is 0 Å². The third-order valence-corrected chi connectivity index (χ3v) is 4.78. The fourth-order valence-corrected chi connectivity index (χ4v) is 3.51. The lowest BCUT2D eigenvalue weighted by atomic mass is 10.0. The first-order valence-corrected chi connectivity index (χ1v) is 8.48. The van der Waals surface area contributed by atoms with Crippen molar-refractivity contribution in [2.45, 2.75) is 5.66 Å². The second kappa shape index (κ2) is 5.89. The van der Waals surface area contributed by atoms with Gasteiger partial charge in [-0.3, -0.25) is 10.1 Å². The van der Waals surface area contributed by atoms with Crippen LogP contribution in [0.1, 0.15) is 5.56 Å². The van der Waals surface area contributed by atoms with Gasteiger partial charge < -0.3 is 16.0 Å². The third-order valence-electron chi connectivity index (χ3n) is 4.23. The fourth-order valence-electron chi connectivity index (χ4n) is 3.05. The van der Waals surface area contributed by atoms with Gasteiger partial charge in [0.2, 0.25) is 5.96 Å². The van der Waals surface area contributed by atoms with E-state index in [-0.39, 0.29) is 17.8 Å². The number of halogens is 2. The number of guanidine groups is 2. The molecule has 0 saturated heterocycles. The monoisotopic (exact) mass is 388 g/mol. The Morgan fingerprint density at radius 3 is 2.73 bits per heavy atom. The average Bonchev–Trinajstić information content (AvgIpc) is 2.80. The highest BCUT2D eigenvalue weighted by molar-refractivity contribution is 6.36. The predicted molar refractivity (Wildman–Crippen MR) is 104 cm³/mol. The van der Waals surface area contributed by atoms with E-state index >= 15 is 0 Å². The maximum Gasteiger partial charge on any atom is 0.282 e. The zero-order valence-electron chi connectivity index (χ0n) is 13.6. The Balaban J connectivity index is 1.80. The lowest BCUT2D eigenvalue weighted by molar-refractivity contribution is -0.122. The van der Waals surface area contributed by atoms with Crippen molar-refractivity contribution in [1.82, 2.24) is 5.32 Å². The summed E-state index contributed by atoms with van der Waals surface area (Å²) in [5, 5.41) is 6.79. The maximum atomic E-state index is 13.0. The largest absolute Gasteiger partial charge is 0.370 e. The van der Waals surface area contributed by atoms with Crippen LogP contribution in [0.3, 0.4) is 0 Å². The van der Waals surface area contributed by atoms with Gasteiger partial charge in [0.1, 0.15) is 0 Å². The van der Waals surface area contributed by atoms with E-state index in [4.69, 9.17) is 28.9 Å². The molecule has 4 rings (SSSR count). The summed E-state index contributed by atoms with van der Waals surface area (Å²) in [6.45, 7) is 0. The lowest BCUT2D eigenvalue weighted by Crippen LogP contribution is -2.50. The third kappa shape index (κ3) is 2.48. The van der Waals surface area contributed by atoms with Crippen molar-refractivity contribution in [2.75, 3.05) is 17.3 Å². The van der Waals surface area contributed by atoms with Crippen molar-refractivity contribution >= 4 is 52.4 Å². The minimum atomic E-state index is -1.46. The van der Waals surface area contributed by atoms with Crippen molar-refractivity contribution in [3.8, 4) is 0 Å². The quantitative estimate of drug-likeness (QED) is 0.699. The zero-order valence-corrected chi connectivity index (χ0v) is 15.1. The van der Waals surface area contributed by atoms with Crippen LogP contribution in [0.25, 0.3) is 0 Å². The average molecular weight is 389 g/mol. The number of anilines is 2. The van der Waals surface area contributed by atoms with Crippen molar-refractivity contribution in [1.29, 1.82) is 0 Å². The molecule has 1 unspecified atom stereocenters. The predicted octanol–water partition coefficient (Wildman–Crippen LogP) is 2.51. The van der Waals surface area contributed by atoms with Crippen molar-refractivity contribution in [2.24, 2.45) is 15.7 Å². The van der Waals surface area contributed by atoms with Crippen molar-refractivity contribution < 1.29 is 4.79 Å². The molecule has 0 aliphatic carbocycles. The van der Waals surface area contributed by atoms with Crippen LogP contribution >= 0.6 is 23.2 Å². The molecule has 26 heavy (non-hydrogen) atoms. The highest BCUT2D eigenvalue weighted by Crippen LogP contribution is 2.44. The van der Waals surface area contributed by atoms with Gasteiger partial charge in [-0.25, -0.2) is 9.98 Å². The van der Waals surface area contributed by atoms with Gasteiger partial charge >= 0.3 is 0 Å². The van der Waals surface area contributed by atoms with Gasteiger partial charge in [-0.05, 0) is 24.3 Å². The molecule has 2 aromatic rings. The molecule has 1 spiro atoms. The first-order valence-electron chi connectivity index (χ1n) is 7.73. The van der Waals surface area contributed by atoms with Crippen LogP contribution in [0.4, 0.5) is 11.4 Å². The van der Waals surface area contributed by atoms with Crippen LogP contribution < -0.4 is 21.3 Å². The Morgan fingerprint density at radius 2 is 1.96 bits per heavy atom. The summed E-state index contributed by atoms with van der Waals surface area (Å²) in [4.78, 5) is 23.3. The number of rotatable bonds is 1. The minimum Gasteiger partial charge on any atom is -0.370 e. The summed E-state index contributed by atoms with van der Waals surface area (Å²) in [7, 11) is 1.68. The summed E-state index contributed by atoms with van der Waals surface area (Å²) in [5.74, 6) is 0.0517. The van der Waals surface area contributed by atoms with E-state index in [9.17, 15) is 4.79 Å². The number of nitrogens with two attached hydrogens (primary N) is 1. The number of para-hydroxylation sites is 1. The molecule has 2 aliphatic rings. The molecule has 1 atom stereocenters. The smallest absolute Gasteiger partial charge is 0.282 e. The van der Waals surface area contributed by atoms with Crippen LogP contribution in [0.15, 0.2) is 52.4 Å². The number of aliphatic imine (C=N–C) groups is 2. The fraction of sp³-hybridized carbons (Fsp3) is 0.118. The molecule has 132 valence electrons. The molecule has 0 saturated carbocycles. The Morgan fingerprint density at radius 1 is 1.19 bits per heavy atom. The number of nitrogens with one attached hydrogen (secondary N) is 2. The summed E-state index contributed by atoms with van der Waals surface area (Å²) in [6, 6.07) is 12.3. The van der Waals surface area contributed by atoms with Crippen LogP contribution in [-0.4, -0.2) is 24.9 Å². The van der Waals surface area contributed by atoms with E-state index in [0.29, 0.717) is 21.3 Å². The molecule has 1 amide bonds. The zero-order chi connectivity index (χ0) is 18.5. The first kappa shape index (κ1) is 16.7. The van der Waals surface area contributed by atoms with Gasteiger partial charge in [0.25, 0.3) is 11.6 Å². The molecule has 0 fully saturated rings. The number of fused-ring (bicyclic) bond motifs is 2. The van der Waals surface area contributed by atoms with Crippen LogP contribution in [0.5, 0.6) is 0 Å². The molecule has 2 aliphatic heterocycles. The van der Waals surface area contributed by atoms with Gasteiger partial charge in [-0.15, -0.1) is 0 Å². The van der Waals surface area contributed by atoms with Crippen LogP contribution in [-0.2, 0) is 10.5 Å². The van der Waals surface area contributed by atoms with E-state index in [1.165, 1.54) is 4.90 Å². The van der Waals surface area contributed by atoms with Gasteiger partial charge in [0.15, 0.2) is 5.96 Å². The number of hydrogen-bond acceptors (Lipinski definition) is 6. The van der Waals surface area contributed by atoms with E-state index in [1.807, 2.05) is 24.3 Å². The van der Waals surface area contributed by atoms with Gasteiger partial charge in [-0.1, -0.05) is 41.4 Å². The molecule has 9 heteroatoms. The summed E-state index contributed by atoms with van der Waals surface area (Å²) in [6.07, 6.45) is 0. The normalized spacial score (nSPS) is 21.2. The Hall–Kier alpha value is -2.77. The SMILES string of the molecule is CN1C(=O)C2(N=C(N)NC(Nc3ccc(Cl)cc3Cl)=N2)c2ccccc21. The van der Waals surface area contributed by atoms with E-state index in [2.05, 4.69) is 20.6 Å². The van der Waals surface area contributed by atoms with Crippen molar-refractivity contribution in [3.05, 3.63) is 58.1 Å². The topological polar surface area (TPSA) is 95.1 Å². The van der Waals surface area contributed by atoms with Gasteiger partial charge in [-0.2, -0.15) is 0 Å². The minimum absolute atomic E-state index is 0.0750. The summed E-state index contributed by atoms with van der Waals surface area (Å²) < 4.78 is 0. The van der Waals surface area contributed by atoms with Gasteiger partial charge in [0.05, 0.1) is 16.4 Å². The standard InChI is InChI=1S/C17H14Cl2N6O/c1-25-13-5-3-2-4-10(13)17(14(25)26)23-15(20)22-16(24-17)21-12-7-6-9(18)8-11(12)19/h2-8H,1H3,(H4,20,21,22,23,24). The molecule has 0 aromatic heterocycles. The summed E-state index contributed by atoms with van der Waals surface area (Å²) in [5.41, 5.74) is 6.47. The number of carbonyl (C=O) groups is 1. The molecule has 2 aromatic carbocycles. The summed E-state index contributed by atoms with van der Waals surface area (Å²) >= 11 is 12.1. The van der Waals surface area contributed by atoms with Crippen LogP contribution in [0.2, 0.25) is 10.0 Å². The van der Waals surface area contributed by atoms with E-state index in [0.717, 1.165) is 5.69 Å². The Bertz CT molecular complexity index is 989. The molecule has 4 N–H and O–H groups in total. The number of amides is 1. The van der Waals surface area contributed by atoms with E-state index in [1.54, 1.807) is 25.2 Å². The Labute approximate surface area is 159 Å². The number of carbonyl (C=O) groups excluding carboxylic acids is 1. The van der Waals surface area contributed by atoms with Gasteiger partial charge in [0, 0.05) is 17.6 Å². The second-order valence-corrected chi connectivity index (χ2v) is 6.73.